The Morgan fingerprint density at radius 3 is 3.08 bits per heavy atom. The number of nitrogens with two attached hydrogens (primary N) is 1. The van der Waals surface area contributed by atoms with Gasteiger partial charge in [0.25, 0.3) is 0 Å². The van der Waals surface area contributed by atoms with Crippen LogP contribution in [0.1, 0.15) is 11.3 Å². The molecule has 0 spiro atoms. The van der Waals surface area contributed by atoms with Gasteiger partial charge in [-0.25, -0.2) is 0 Å². The van der Waals surface area contributed by atoms with Crippen molar-refractivity contribution in [2.45, 2.75) is 13.1 Å². The van der Waals surface area contributed by atoms with E-state index in [9.17, 15) is 0 Å². The second-order valence-electron chi connectivity index (χ2n) is 2.73. The minimum atomic E-state index is 0.510. The van der Waals surface area contributed by atoms with Gasteiger partial charge in [-0.1, -0.05) is 5.16 Å². The summed E-state index contributed by atoms with van der Waals surface area (Å²) in [5.74, 6) is 0.784. The SMILES string of the molecule is NCc1cnn(Cc2ccno2)c1. The number of aromatic nitrogens is 3. The lowest BCUT2D eigenvalue weighted by molar-refractivity contribution is 0.371. The summed E-state index contributed by atoms with van der Waals surface area (Å²) in [5.41, 5.74) is 6.46. The average Bonchev–Trinajstić information content (AvgIpc) is 2.76. The number of hydrogen-bond acceptors (Lipinski definition) is 4. The van der Waals surface area contributed by atoms with Gasteiger partial charge in [0.05, 0.1) is 12.4 Å². The lowest BCUT2D eigenvalue weighted by Crippen LogP contribution is -1.99. The maximum absolute atomic E-state index is 5.45. The van der Waals surface area contributed by atoms with Crippen LogP contribution in [0.2, 0.25) is 0 Å². The quantitative estimate of drug-likeness (QED) is 0.737. The Morgan fingerprint density at radius 2 is 2.46 bits per heavy atom. The highest BCUT2D eigenvalue weighted by molar-refractivity contribution is 5.04. The van der Waals surface area contributed by atoms with Gasteiger partial charge < -0.3 is 10.3 Å². The lowest BCUT2D eigenvalue weighted by Gasteiger charge is -1.94. The van der Waals surface area contributed by atoms with Gasteiger partial charge in [0.2, 0.25) is 0 Å². The third-order valence-electron chi connectivity index (χ3n) is 1.73. The fraction of sp³-hybridized carbons (Fsp3) is 0.250. The van der Waals surface area contributed by atoms with Gasteiger partial charge in [-0.3, -0.25) is 4.68 Å². The molecule has 2 heterocycles. The Kier molecular flexibility index (Phi) is 2.09. The van der Waals surface area contributed by atoms with Crippen molar-refractivity contribution in [3.05, 3.63) is 36.0 Å². The molecule has 5 nitrogen and oxygen atoms in total. The highest BCUT2D eigenvalue weighted by Gasteiger charge is 2.00. The zero-order valence-corrected chi connectivity index (χ0v) is 7.05. The van der Waals surface area contributed by atoms with Gasteiger partial charge in [-0.2, -0.15) is 5.10 Å². The van der Waals surface area contributed by atoms with Crippen LogP contribution in [0.4, 0.5) is 0 Å². The number of hydrogen-bond donors (Lipinski definition) is 1. The first-order chi connectivity index (χ1) is 6.38. The van der Waals surface area contributed by atoms with Crippen molar-refractivity contribution in [3.63, 3.8) is 0 Å². The summed E-state index contributed by atoms with van der Waals surface area (Å²) in [7, 11) is 0. The van der Waals surface area contributed by atoms with E-state index in [0.29, 0.717) is 13.1 Å². The minimum Gasteiger partial charge on any atom is -0.359 e. The van der Waals surface area contributed by atoms with E-state index in [1.807, 2.05) is 12.3 Å². The second kappa shape index (κ2) is 3.40. The van der Waals surface area contributed by atoms with Crippen LogP contribution < -0.4 is 5.73 Å². The molecule has 2 aromatic heterocycles. The summed E-state index contributed by atoms with van der Waals surface area (Å²) in [6.45, 7) is 1.11. The summed E-state index contributed by atoms with van der Waals surface area (Å²) >= 11 is 0. The topological polar surface area (TPSA) is 69.9 Å². The molecule has 2 aromatic rings. The van der Waals surface area contributed by atoms with Crippen LogP contribution in [-0.4, -0.2) is 14.9 Å². The Balaban J connectivity index is 2.10. The highest BCUT2D eigenvalue weighted by atomic mass is 16.5. The van der Waals surface area contributed by atoms with Crippen molar-refractivity contribution in [2.75, 3.05) is 0 Å². The zero-order chi connectivity index (χ0) is 9.10. The molecular formula is C8H10N4O. The first kappa shape index (κ1) is 8.00. The standard InChI is InChI=1S/C8H10N4O/c9-3-7-4-10-12(5-7)6-8-1-2-11-13-8/h1-2,4-5H,3,6,9H2. The molecule has 0 saturated carbocycles. The minimum absolute atomic E-state index is 0.510. The summed E-state index contributed by atoms with van der Waals surface area (Å²) < 4.78 is 6.70. The molecule has 0 unspecified atom stereocenters. The summed E-state index contributed by atoms with van der Waals surface area (Å²) in [4.78, 5) is 0. The molecule has 0 aliphatic carbocycles. The van der Waals surface area contributed by atoms with E-state index in [1.54, 1.807) is 17.1 Å². The zero-order valence-electron chi connectivity index (χ0n) is 7.05. The molecular weight excluding hydrogens is 168 g/mol. The molecule has 68 valence electrons. The third-order valence-corrected chi connectivity index (χ3v) is 1.73. The molecule has 0 bridgehead atoms. The summed E-state index contributed by atoms with van der Waals surface area (Å²) in [5, 5.41) is 7.72. The predicted molar refractivity (Wildman–Crippen MR) is 45.7 cm³/mol. The fourth-order valence-corrected chi connectivity index (χ4v) is 1.08. The van der Waals surface area contributed by atoms with E-state index < -0.39 is 0 Å². The molecule has 13 heavy (non-hydrogen) atoms. The van der Waals surface area contributed by atoms with Gasteiger partial charge in [-0.05, 0) is 0 Å². The average molecular weight is 178 g/mol. The maximum Gasteiger partial charge on any atom is 0.158 e. The molecule has 0 aliphatic rings. The number of rotatable bonds is 3. The van der Waals surface area contributed by atoms with Gasteiger partial charge in [0.15, 0.2) is 5.76 Å². The van der Waals surface area contributed by atoms with Crippen LogP contribution in [0.25, 0.3) is 0 Å². The molecule has 0 aromatic carbocycles. The Morgan fingerprint density at radius 1 is 1.54 bits per heavy atom. The smallest absolute Gasteiger partial charge is 0.158 e. The van der Waals surface area contributed by atoms with Crippen LogP contribution >= 0.6 is 0 Å². The van der Waals surface area contributed by atoms with Crippen molar-refractivity contribution >= 4 is 0 Å². The molecule has 2 rings (SSSR count). The third kappa shape index (κ3) is 1.75. The van der Waals surface area contributed by atoms with E-state index in [1.165, 1.54) is 0 Å². The van der Waals surface area contributed by atoms with Crippen LogP contribution in [-0.2, 0) is 13.1 Å². The van der Waals surface area contributed by atoms with Crippen molar-refractivity contribution in [3.8, 4) is 0 Å². The fourth-order valence-electron chi connectivity index (χ4n) is 1.08. The van der Waals surface area contributed by atoms with Gasteiger partial charge in [-0.15, -0.1) is 0 Å². The van der Waals surface area contributed by atoms with E-state index in [0.717, 1.165) is 11.3 Å². The predicted octanol–water partition coefficient (Wildman–Crippen LogP) is 0.378. The van der Waals surface area contributed by atoms with E-state index >= 15 is 0 Å². The van der Waals surface area contributed by atoms with Gasteiger partial charge >= 0.3 is 0 Å². The Labute approximate surface area is 75.1 Å². The molecule has 0 amide bonds. The van der Waals surface area contributed by atoms with Crippen LogP contribution in [0.3, 0.4) is 0 Å². The molecule has 0 fully saturated rings. The van der Waals surface area contributed by atoms with Crippen LogP contribution in [0, 0.1) is 0 Å². The van der Waals surface area contributed by atoms with Crippen molar-refractivity contribution in [2.24, 2.45) is 5.73 Å². The molecule has 5 heteroatoms. The number of nitrogens with zero attached hydrogens (tertiary/aromatic N) is 3. The van der Waals surface area contributed by atoms with Crippen molar-refractivity contribution in [1.29, 1.82) is 0 Å². The molecule has 0 saturated heterocycles. The van der Waals surface area contributed by atoms with Crippen LogP contribution in [0.5, 0.6) is 0 Å². The molecule has 0 radical (unpaired) electrons. The molecule has 2 N–H and O–H groups in total. The van der Waals surface area contributed by atoms with Gasteiger partial charge in [0.1, 0.15) is 6.54 Å². The normalized spacial score (nSPS) is 10.5. The first-order valence-corrected chi connectivity index (χ1v) is 3.99. The van der Waals surface area contributed by atoms with Gasteiger partial charge in [0, 0.05) is 24.4 Å². The van der Waals surface area contributed by atoms with E-state index in [-0.39, 0.29) is 0 Å². The Bertz CT molecular complexity index is 365. The highest BCUT2D eigenvalue weighted by Crippen LogP contribution is 2.02. The Hall–Kier alpha value is -1.62. The summed E-state index contributed by atoms with van der Waals surface area (Å²) in [6, 6.07) is 1.81. The molecule has 0 atom stereocenters. The summed E-state index contributed by atoms with van der Waals surface area (Å²) in [6.07, 6.45) is 5.25. The van der Waals surface area contributed by atoms with E-state index in [4.69, 9.17) is 10.3 Å². The lowest BCUT2D eigenvalue weighted by atomic mass is 10.4. The van der Waals surface area contributed by atoms with E-state index in [2.05, 4.69) is 10.3 Å². The molecule has 0 aliphatic heterocycles. The van der Waals surface area contributed by atoms with Crippen LogP contribution in [0.15, 0.2) is 29.2 Å². The second-order valence-corrected chi connectivity index (χ2v) is 2.73. The monoisotopic (exact) mass is 178 g/mol. The van der Waals surface area contributed by atoms with Crippen molar-refractivity contribution in [1.82, 2.24) is 14.9 Å². The largest absolute Gasteiger partial charge is 0.359 e. The maximum atomic E-state index is 5.45. The first-order valence-electron chi connectivity index (χ1n) is 3.99. The van der Waals surface area contributed by atoms with Crippen molar-refractivity contribution < 1.29 is 4.52 Å².